The fourth-order valence-electron chi connectivity index (χ4n) is 2.90. The van der Waals surface area contributed by atoms with Crippen LogP contribution in [0.3, 0.4) is 0 Å². The van der Waals surface area contributed by atoms with Gasteiger partial charge in [-0.05, 0) is 39.5 Å². The number of rotatable bonds is 0. The normalized spacial score (nSPS) is 21.5. The van der Waals surface area contributed by atoms with Crippen LogP contribution in [0.1, 0.15) is 17.2 Å². The molecule has 7 heteroatoms. The molecule has 0 spiro atoms. The summed E-state index contributed by atoms with van der Waals surface area (Å²) >= 11 is 3.15. The Balaban J connectivity index is 2.03. The second-order valence-electron chi connectivity index (χ2n) is 4.95. The predicted molar refractivity (Wildman–Crippen MR) is 71.9 cm³/mol. The van der Waals surface area contributed by atoms with Gasteiger partial charge in [0.15, 0.2) is 0 Å². The maximum absolute atomic E-state index is 14.1. The summed E-state index contributed by atoms with van der Waals surface area (Å²) < 4.78 is 14.5. The SMILES string of the molecule is O=C(O)N1CC(=O)N2CCc3c(ccc(Br)c3F)[C@@H]2C1. The van der Waals surface area contributed by atoms with Gasteiger partial charge < -0.3 is 10.0 Å². The zero-order valence-electron chi connectivity index (χ0n) is 10.5. The van der Waals surface area contributed by atoms with Crippen molar-refractivity contribution in [3.8, 4) is 0 Å². The molecule has 2 aliphatic rings. The number of fused-ring (bicyclic) bond motifs is 3. The van der Waals surface area contributed by atoms with E-state index in [9.17, 15) is 14.0 Å². The van der Waals surface area contributed by atoms with E-state index in [2.05, 4.69) is 15.9 Å². The first-order valence-corrected chi connectivity index (χ1v) is 7.02. The minimum atomic E-state index is -1.12. The zero-order valence-corrected chi connectivity index (χ0v) is 12.1. The Bertz CT molecular complexity index is 608. The van der Waals surface area contributed by atoms with Crippen LogP contribution in [0.2, 0.25) is 0 Å². The summed E-state index contributed by atoms with van der Waals surface area (Å²) in [6, 6.07) is 2.97. The van der Waals surface area contributed by atoms with E-state index in [4.69, 9.17) is 5.11 Å². The van der Waals surface area contributed by atoms with Crippen LogP contribution in [-0.2, 0) is 11.2 Å². The molecule has 0 aromatic heterocycles. The number of carbonyl (C=O) groups excluding carboxylic acids is 1. The number of hydrogen-bond acceptors (Lipinski definition) is 2. The van der Waals surface area contributed by atoms with Gasteiger partial charge in [-0.15, -0.1) is 0 Å². The summed E-state index contributed by atoms with van der Waals surface area (Å²) in [5, 5.41) is 9.07. The van der Waals surface area contributed by atoms with Crippen LogP contribution in [0, 0.1) is 5.82 Å². The molecule has 0 unspecified atom stereocenters. The molecule has 2 heterocycles. The van der Waals surface area contributed by atoms with Crippen LogP contribution in [-0.4, -0.2) is 46.5 Å². The van der Waals surface area contributed by atoms with Crippen molar-refractivity contribution in [2.24, 2.45) is 0 Å². The Morgan fingerprint density at radius 3 is 2.90 bits per heavy atom. The molecule has 0 radical (unpaired) electrons. The molecule has 20 heavy (non-hydrogen) atoms. The third-order valence-electron chi connectivity index (χ3n) is 3.88. The minimum Gasteiger partial charge on any atom is -0.465 e. The van der Waals surface area contributed by atoms with Crippen molar-refractivity contribution >= 4 is 27.9 Å². The van der Waals surface area contributed by atoms with Crippen molar-refractivity contribution in [1.29, 1.82) is 0 Å². The number of halogens is 2. The van der Waals surface area contributed by atoms with Crippen LogP contribution in [0.15, 0.2) is 16.6 Å². The van der Waals surface area contributed by atoms with Crippen molar-refractivity contribution in [2.45, 2.75) is 12.5 Å². The topological polar surface area (TPSA) is 60.9 Å². The molecule has 1 atom stereocenters. The summed E-state index contributed by atoms with van der Waals surface area (Å²) in [7, 11) is 0. The molecule has 2 amide bonds. The fourth-order valence-corrected chi connectivity index (χ4v) is 3.27. The van der Waals surface area contributed by atoms with Crippen molar-refractivity contribution in [3.05, 3.63) is 33.5 Å². The summed E-state index contributed by atoms with van der Waals surface area (Å²) in [4.78, 5) is 25.8. The van der Waals surface area contributed by atoms with Crippen molar-refractivity contribution in [3.63, 3.8) is 0 Å². The second kappa shape index (κ2) is 4.73. The van der Waals surface area contributed by atoms with Crippen LogP contribution in [0.4, 0.5) is 9.18 Å². The molecule has 1 fully saturated rings. The molecule has 0 aliphatic carbocycles. The van der Waals surface area contributed by atoms with Crippen molar-refractivity contribution < 1.29 is 19.1 Å². The van der Waals surface area contributed by atoms with E-state index in [-0.39, 0.29) is 24.8 Å². The van der Waals surface area contributed by atoms with Crippen LogP contribution in [0.5, 0.6) is 0 Å². The smallest absolute Gasteiger partial charge is 0.407 e. The first-order chi connectivity index (χ1) is 9.49. The average molecular weight is 343 g/mol. The zero-order chi connectivity index (χ0) is 14.4. The van der Waals surface area contributed by atoms with Crippen LogP contribution in [0.25, 0.3) is 0 Å². The van der Waals surface area contributed by atoms with E-state index in [0.717, 1.165) is 4.90 Å². The summed E-state index contributed by atoms with van der Waals surface area (Å²) in [6.45, 7) is 0.493. The monoisotopic (exact) mass is 342 g/mol. The van der Waals surface area contributed by atoms with Gasteiger partial charge in [-0.1, -0.05) is 6.07 Å². The molecule has 1 aromatic rings. The number of hydrogen-bond donors (Lipinski definition) is 1. The first kappa shape index (κ1) is 13.4. The molecule has 1 saturated heterocycles. The lowest BCUT2D eigenvalue weighted by atomic mass is 9.90. The van der Waals surface area contributed by atoms with Gasteiger partial charge in [0.1, 0.15) is 12.4 Å². The van der Waals surface area contributed by atoms with E-state index in [1.54, 1.807) is 17.0 Å². The third kappa shape index (κ3) is 1.96. The standard InChI is InChI=1S/C13H12BrFN2O3/c14-9-2-1-7-8(12(9)15)3-4-17-10(7)5-16(13(19)20)6-11(17)18/h1-2,10H,3-6H2,(H,19,20)/t10-/m0/s1. The van der Waals surface area contributed by atoms with E-state index < -0.39 is 12.1 Å². The summed E-state index contributed by atoms with van der Waals surface area (Å²) in [5.74, 6) is -0.542. The molecule has 0 bridgehead atoms. The van der Waals surface area contributed by atoms with E-state index >= 15 is 0 Å². The lowest BCUT2D eigenvalue weighted by Crippen LogP contribution is -2.55. The van der Waals surface area contributed by atoms with E-state index in [0.29, 0.717) is 28.6 Å². The second-order valence-corrected chi connectivity index (χ2v) is 5.80. The quantitative estimate of drug-likeness (QED) is 0.784. The van der Waals surface area contributed by atoms with Gasteiger partial charge in [-0.25, -0.2) is 9.18 Å². The highest BCUT2D eigenvalue weighted by Crippen LogP contribution is 2.36. The molecule has 1 N–H and O–H groups in total. The van der Waals surface area contributed by atoms with Crippen LogP contribution >= 0.6 is 15.9 Å². The Kier molecular flexibility index (Phi) is 3.16. The fraction of sp³-hybridized carbons (Fsp3) is 0.385. The lowest BCUT2D eigenvalue weighted by Gasteiger charge is -2.43. The first-order valence-electron chi connectivity index (χ1n) is 6.23. The number of carboxylic acid groups (broad SMARTS) is 1. The molecule has 3 rings (SSSR count). The lowest BCUT2D eigenvalue weighted by molar-refractivity contribution is -0.139. The van der Waals surface area contributed by atoms with Crippen LogP contribution < -0.4 is 0 Å². The largest absolute Gasteiger partial charge is 0.465 e. The highest BCUT2D eigenvalue weighted by Gasteiger charge is 2.39. The third-order valence-corrected chi connectivity index (χ3v) is 4.49. The Morgan fingerprint density at radius 2 is 2.20 bits per heavy atom. The average Bonchev–Trinajstić information content (AvgIpc) is 2.42. The molecular formula is C13H12BrFN2O3. The Hall–Kier alpha value is -1.63. The molecule has 106 valence electrons. The molecule has 1 aromatic carbocycles. The van der Waals surface area contributed by atoms with Crippen molar-refractivity contribution in [2.75, 3.05) is 19.6 Å². The Morgan fingerprint density at radius 1 is 1.45 bits per heavy atom. The minimum absolute atomic E-state index is 0.125. The van der Waals surface area contributed by atoms with Crippen molar-refractivity contribution in [1.82, 2.24) is 9.80 Å². The maximum atomic E-state index is 14.1. The highest BCUT2D eigenvalue weighted by atomic mass is 79.9. The Labute approximate surface area is 123 Å². The number of amides is 2. The number of piperazine rings is 1. The highest BCUT2D eigenvalue weighted by molar-refractivity contribution is 9.10. The van der Waals surface area contributed by atoms with E-state index in [1.165, 1.54) is 0 Å². The molecule has 5 nitrogen and oxygen atoms in total. The van der Waals surface area contributed by atoms with Gasteiger partial charge in [-0.3, -0.25) is 9.69 Å². The summed E-state index contributed by atoms with van der Waals surface area (Å²) in [6.07, 6.45) is -0.668. The van der Waals surface area contributed by atoms with Gasteiger partial charge in [0, 0.05) is 13.1 Å². The molecule has 2 aliphatic heterocycles. The predicted octanol–water partition coefficient (Wildman–Crippen LogP) is 2.01. The van der Waals surface area contributed by atoms with Gasteiger partial charge in [-0.2, -0.15) is 0 Å². The van der Waals surface area contributed by atoms with Gasteiger partial charge in [0.2, 0.25) is 5.91 Å². The van der Waals surface area contributed by atoms with Gasteiger partial charge in [0.05, 0.1) is 10.5 Å². The van der Waals surface area contributed by atoms with E-state index in [1.807, 2.05) is 0 Å². The summed E-state index contributed by atoms with van der Waals surface area (Å²) in [5.41, 5.74) is 1.27. The number of carbonyl (C=O) groups is 2. The number of nitrogens with zero attached hydrogens (tertiary/aromatic N) is 2. The molecule has 0 saturated carbocycles. The molecular weight excluding hydrogens is 331 g/mol. The number of benzene rings is 1. The van der Waals surface area contributed by atoms with Gasteiger partial charge >= 0.3 is 6.09 Å². The van der Waals surface area contributed by atoms with Gasteiger partial charge in [0.25, 0.3) is 0 Å². The maximum Gasteiger partial charge on any atom is 0.407 e.